The highest BCUT2D eigenvalue weighted by Crippen LogP contribution is 2.39. The van der Waals surface area contributed by atoms with E-state index in [0.29, 0.717) is 11.8 Å². The van der Waals surface area contributed by atoms with Gasteiger partial charge < -0.3 is 0 Å². The Hall–Kier alpha value is -1.63. The average Bonchev–Trinajstić information content (AvgIpc) is 2.35. The van der Waals surface area contributed by atoms with Crippen LogP contribution in [0.2, 0.25) is 0 Å². The summed E-state index contributed by atoms with van der Waals surface area (Å²) in [6, 6.07) is 0. The van der Waals surface area contributed by atoms with Gasteiger partial charge in [-0.25, -0.2) is 0 Å². The highest BCUT2D eigenvalue weighted by atomic mass is 14.7. The highest BCUT2D eigenvalue weighted by Gasteiger charge is 2.30. The molecule has 1 nitrogen and oxygen atoms in total. The first-order valence-corrected chi connectivity index (χ1v) is 7.22. The summed E-state index contributed by atoms with van der Waals surface area (Å²) >= 11 is 0. The molecule has 0 aromatic carbocycles. The summed E-state index contributed by atoms with van der Waals surface area (Å²) < 4.78 is 0. The maximum Gasteiger partial charge on any atom is 0.0609 e. The smallest absolute Gasteiger partial charge is 0.0609 e. The molecule has 0 saturated heterocycles. The van der Waals surface area contributed by atoms with Gasteiger partial charge in [-0.1, -0.05) is 47.6 Å². The first kappa shape index (κ1) is 12.4. The molecule has 2 aliphatic heterocycles. The van der Waals surface area contributed by atoms with E-state index in [2.05, 4.69) is 56.4 Å². The van der Waals surface area contributed by atoms with Crippen molar-refractivity contribution < 1.29 is 0 Å². The number of nitrogens with zero attached hydrogens (tertiary/aromatic N) is 1. The van der Waals surface area contributed by atoms with Gasteiger partial charge in [0.05, 0.1) is 5.71 Å². The summed E-state index contributed by atoms with van der Waals surface area (Å²) in [5.41, 5.74) is 5.53. The Kier molecular flexibility index (Phi) is 3.37. The molecule has 0 spiro atoms. The number of allylic oxidation sites excluding steroid dienone is 9. The van der Waals surface area contributed by atoms with Gasteiger partial charge in [-0.05, 0) is 44.3 Å². The molecular weight excluding hydrogens is 230 g/mol. The van der Waals surface area contributed by atoms with Crippen LogP contribution < -0.4 is 0 Å². The van der Waals surface area contributed by atoms with Crippen molar-refractivity contribution in [2.45, 2.75) is 26.7 Å². The van der Waals surface area contributed by atoms with E-state index < -0.39 is 0 Å². The molecule has 0 aromatic rings. The summed E-state index contributed by atoms with van der Waals surface area (Å²) in [5, 5.41) is 0. The van der Waals surface area contributed by atoms with Crippen LogP contribution in [0.3, 0.4) is 0 Å². The van der Waals surface area contributed by atoms with Gasteiger partial charge in [0.15, 0.2) is 0 Å². The maximum atomic E-state index is 4.79. The summed E-state index contributed by atoms with van der Waals surface area (Å²) in [6.45, 7) is 5.24. The molecule has 4 aliphatic rings. The first-order chi connectivity index (χ1) is 9.29. The van der Waals surface area contributed by atoms with Gasteiger partial charge in [0.25, 0.3) is 0 Å². The molecule has 2 bridgehead atoms. The van der Waals surface area contributed by atoms with Gasteiger partial charge in [-0.2, -0.15) is 0 Å². The van der Waals surface area contributed by atoms with Crippen LogP contribution in [0.1, 0.15) is 26.7 Å². The fourth-order valence-electron chi connectivity index (χ4n) is 3.35. The van der Waals surface area contributed by atoms with E-state index in [4.69, 9.17) is 4.99 Å². The maximum absolute atomic E-state index is 4.79. The molecule has 2 unspecified atom stereocenters. The molecule has 19 heavy (non-hydrogen) atoms. The van der Waals surface area contributed by atoms with E-state index in [1.54, 1.807) is 0 Å². The summed E-state index contributed by atoms with van der Waals surface area (Å²) in [7, 11) is 0. The second kappa shape index (κ2) is 5.16. The molecule has 1 heteroatoms. The average molecular weight is 251 g/mol. The van der Waals surface area contributed by atoms with Gasteiger partial charge in [0, 0.05) is 12.5 Å². The second-order valence-corrected chi connectivity index (χ2v) is 5.56. The number of aliphatic imine (C=N–C) groups is 1. The Morgan fingerprint density at radius 1 is 1.37 bits per heavy atom. The fraction of sp³-hybridized carbons (Fsp3) is 0.389. The predicted octanol–water partition coefficient (Wildman–Crippen LogP) is 4.41. The van der Waals surface area contributed by atoms with Crippen LogP contribution in [0.25, 0.3) is 0 Å². The third-order valence-corrected chi connectivity index (χ3v) is 4.28. The SMILES string of the molecule is CC=CC1/C2=C\C=C/C(=NCC2)C2=CC(C)=CCC21. The molecule has 0 N–H and O–H groups in total. The molecule has 98 valence electrons. The molecule has 0 aromatic heterocycles. The van der Waals surface area contributed by atoms with E-state index in [0.717, 1.165) is 19.4 Å². The molecule has 0 fully saturated rings. The zero-order chi connectivity index (χ0) is 13.2. The number of fused-ring (bicyclic) bond motifs is 3. The van der Waals surface area contributed by atoms with Crippen molar-refractivity contribution in [3.05, 3.63) is 59.3 Å². The lowest BCUT2D eigenvalue weighted by Crippen LogP contribution is -2.26. The Bertz CT molecular complexity index is 552. The van der Waals surface area contributed by atoms with Crippen molar-refractivity contribution in [2.24, 2.45) is 16.8 Å². The van der Waals surface area contributed by atoms with Crippen LogP contribution >= 0.6 is 0 Å². The van der Waals surface area contributed by atoms with Crippen molar-refractivity contribution in [1.82, 2.24) is 0 Å². The number of hydrogen-bond acceptors (Lipinski definition) is 1. The lowest BCUT2D eigenvalue weighted by molar-refractivity contribution is 0.501. The van der Waals surface area contributed by atoms with Crippen LogP contribution in [-0.4, -0.2) is 12.3 Å². The standard InChI is InChI=1S/C18H21N/c1-3-5-15-14-6-4-7-18(19-11-10-14)17-12-13(2)8-9-16(15)17/h3-8,12,15-16H,9-11H2,1-2H3/b5-3?,7-4-,14-6-,19-18?. The Balaban J connectivity index is 2.15. The van der Waals surface area contributed by atoms with E-state index in [1.807, 2.05) is 0 Å². The third-order valence-electron chi connectivity index (χ3n) is 4.28. The quantitative estimate of drug-likeness (QED) is 0.612. The number of hydrogen-bond donors (Lipinski definition) is 0. The van der Waals surface area contributed by atoms with Gasteiger partial charge in [0.2, 0.25) is 0 Å². The van der Waals surface area contributed by atoms with Crippen LogP contribution in [0.5, 0.6) is 0 Å². The Morgan fingerprint density at radius 2 is 2.26 bits per heavy atom. The van der Waals surface area contributed by atoms with Crippen LogP contribution in [0.4, 0.5) is 0 Å². The largest absolute Gasteiger partial charge is 0.285 e. The van der Waals surface area contributed by atoms with E-state index in [-0.39, 0.29) is 0 Å². The van der Waals surface area contributed by atoms with E-state index in [1.165, 1.54) is 22.4 Å². The van der Waals surface area contributed by atoms with E-state index in [9.17, 15) is 0 Å². The molecule has 2 atom stereocenters. The predicted molar refractivity (Wildman–Crippen MR) is 82.4 cm³/mol. The zero-order valence-electron chi connectivity index (χ0n) is 11.8. The minimum atomic E-state index is 0.538. The summed E-state index contributed by atoms with van der Waals surface area (Å²) in [6.07, 6.45) is 18.2. The third kappa shape index (κ3) is 2.30. The van der Waals surface area contributed by atoms with Crippen LogP contribution in [0, 0.1) is 11.8 Å². The summed E-state index contributed by atoms with van der Waals surface area (Å²) in [5.74, 6) is 1.10. The van der Waals surface area contributed by atoms with Crippen LogP contribution in [0.15, 0.2) is 64.2 Å². The highest BCUT2D eigenvalue weighted by molar-refractivity contribution is 6.09. The minimum absolute atomic E-state index is 0.538. The van der Waals surface area contributed by atoms with Gasteiger partial charge in [0.1, 0.15) is 0 Å². The normalized spacial score (nSPS) is 34.2. The monoisotopic (exact) mass is 251 g/mol. The molecular formula is C18H21N. The lowest BCUT2D eigenvalue weighted by atomic mass is 9.72. The molecule has 0 radical (unpaired) electrons. The molecule has 2 aliphatic carbocycles. The van der Waals surface area contributed by atoms with Crippen molar-refractivity contribution in [1.29, 1.82) is 0 Å². The molecule has 4 rings (SSSR count). The summed E-state index contributed by atoms with van der Waals surface area (Å²) in [4.78, 5) is 4.79. The van der Waals surface area contributed by atoms with Crippen molar-refractivity contribution >= 4 is 5.71 Å². The fourth-order valence-corrected chi connectivity index (χ4v) is 3.35. The van der Waals surface area contributed by atoms with Gasteiger partial charge in [-0.15, -0.1) is 0 Å². The topological polar surface area (TPSA) is 12.4 Å². The van der Waals surface area contributed by atoms with Crippen molar-refractivity contribution in [3.8, 4) is 0 Å². The number of rotatable bonds is 1. The molecule has 0 amide bonds. The second-order valence-electron chi connectivity index (χ2n) is 5.56. The van der Waals surface area contributed by atoms with Gasteiger partial charge >= 0.3 is 0 Å². The van der Waals surface area contributed by atoms with Crippen molar-refractivity contribution in [2.75, 3.05) is 6.54 Å². The molecule has 2 heterocycles. The van der Waals surface area contributed by atoms with Crippen molar-refractivity contribution in [3.63, 3.8) is 0 Å². The minimum Gasteiger partial charge on any atom is -0.285 e. The Labute approximate surface area is 115 Å². The van der Waals surface area contributed by atoms with Gasteiger partial charge in [-0.3, -0.25) is 4.99 Å². The first-order valence-electron chi connectivity index (χ1n) is 7.22. The lowest BCUT2D eigenvalue weighted by Gasteiger charge is -2.34. The van der Waals surface area contributed by atoms with Crippen LogP contribution in [-0.2, 0) is 0 Å². The zero-order valence-corrected chi connectivity index (χ0v) is 11.8. The van der Waals surface area contributed by atoms with E-state index >= 15 is 0 Å². The Morgan fingerprint density at radius 3 is 3.11 bits per heavy atom. The molecule has 0 saturated carbocycles.